The van der Waals surface area contributed by atoms with Crippen LogP contribution in [0.1, 0.15) is 36.2 Å². The Kier molecular flexibility index (Phi) is 6.04. The van der Waals surface area contributed by atoms with Crippen molar-refractivity contribution in [3.05, 3.63) is 71.9 Å². The van der Waals surface area contributed by atoms with E-state index in [1.807, 2.05) is 49.4 Å². The van der Waals surface area contributed by atoms with E-state index < -0.39 is 0 Å². The number of hydrogen-bond acceptors (Lipinski definition) is 3. The summed E-state index contributed by atoms with van der Waals surface area (Å²) in [6, 6.07) is 17.5. The Bertz CT molecular complexity index is 882. The molecule has 3 rings (SSSR count). The van der Waals surface area contributed by atoms with Crippen molar-refractivity contribution in [2.24, 2.45) is 0 Å². The van der Waals surface area contributed by atoms with Gasteiger partial charge in [-0.1, -0.05) is 56.3 Å². The molecule has 140 valence electrons. The number of benzene rings is 2. The van der Waals surface area contributed by atoms with Crippen LogP contribution in [0.2, 0.25) is 0 Å². The van der Waals surface area contributed by atoms with E-state index in [1.54, 1.807) is 10.9 Å². The molecule has 1 unspecified atom stereocenters. The van der Waals surface area contributed by atoms with Crippen molar-refractivity contribution in [3.8, 4) is 16.9 Å². The number of para-hydroxylation sites is 1. The molecular weight excluding hydrogens is 338 g/mol. The second-order valence-electron chi connectivity index (χ2n) is 6.48. The van der Waals surface area contributed by atoms with Gasteiger partial charge < -0.3 is 10.4 Å². The fourth-order valence-corrected chi connectivity index (χ4v) is 2.90. The summed E-state index contributed by atoms with van der Waals surface area (Å²) >= 11 is 0. The van der Waals surface area contributed by atoms with Gasteiger partial charge in [0.25, 0.3) is 5.91 Å². The van der Waals surface area contributed by atoms with E-state index in [2.05, 4.69) is 29.5 Å². The van der Waals surface area contributed by atoms with Crippen LogP contribution in [0.15, 0.2) is 60.8 Å². The lowest BCUT2D eigenvalue weighted by Gasteiger charge is -2.13. The lowest BCUT2D eigenvalue weighted by Crippen LogP contribution is -2.37. The minimum Gasteiger partial charge on any atom is -0.394 e. The molecule has 0 aliphatic rings. The van der Waals surface area contributed by atoms with Gasteiger partial charge in [-0.15, -0.1) is 0 Å². The van der Waals surface area contributed by atoms with Crippen LogP contribution in [0.5, 0.6) is 0 Å². The Hall–Kier alpha value is -2.92. The fraction of sp³-hybridized carbons (Fsp3) is 0.273. The molecule has 1 amide bonds. The van der Waals surface area contributed by atoms with Crippen LogP contribution in [0.4, 0.5) is 0 Å². The summed E-state index contributed by atoms with van der Waals surface area (Å²) in [5.41, 5.74) is 4.14. The van der Waals surface area contributed by atoms with Crippen LogP contribution in [-0.4, -0.2) is 33.4 Å². The fourth-order valence-electron chi connectivity index (χ4n) is 2.90. The summed E-state index contributed by atoms with van der Waals surface area (Å²) in [7, 11) is 0. The molecule has 3 aromatic rings. The van der Waals surface area contributed by atoms with Gasteiger partial charge in [0, 0.05) is 11.8 Å². The molecular formula is C22H25N3O2. The molecule has 0 bridgehead atoms. The second-order valence-corrected chi connectivity index (χ2v) is 6.48. The van der Waals surface area contributed by atoms with Gasteiger partial charge in [0.2, 0.25) is 0 Å². The molecule has 5 nitrogen and oxygen atoms in total. The number of carbonyl (C=O) groups is 1. The van der Waals surface area contributed by atoms with Crippen molar-refractivity contribution in [1.29, 1.82) is 0 Å². The maximum atomic E-state index is 12.9. The number of aliphatic hydroxyl groups is 1. The number of aromatic nitrogens is 2. The minimum absolute atomic E-state index is 0.0877. The average Bonchev–Trinajstić information content (AvgIpc) is 3.18. The third-order valence-corrected chi connectivity index (χ3v) is 4.66. The zero-order valence-corrected chi connectivity index (χ0v) is 15.7. The first-order valence-electron chi connectivity index (χ1n) is 9.32. The van der Waals surface area contributed by atoms with Gasteiger partial charge in [-0.05, 0) is 30.5 Å². The topological polar surface area (TPSA) is 67.2 Å². The van der Waals surface area contributed by atoms with E-state index in [9.17, 15) is 9.90 Å². The number of nitrogens with zero attached hydrogens (tertiary/aromatic N) is 2. The van der Waals surface area contributed by atoms with Crippen molar-refractivity contribution in [2.75, 3.05) is 6.61 Å². The first kappa shape index (κ1) is 18.9. The summed E-state index contributed by atoms with van der Waals surface area (Å²) in [5.74, 6) is -0.229. The summed E-state index contributed by atoms with van der Waals surface area (Å²) < 4.78 is 1.72. The Morgan fingerprint density at radius 3 is 2.41 bits per heavy atom. The molecule has 1 atom stereocenters. The zero-order chi connectivity index (χ0) is 19.2. The zero-order valence-electron chi connectivity index (χ0n) is 15.7. The molecule has 5 heteroatoms. The summed E-state index contributed by atoms with van der Waals surface area (Å²) in [5, 5.41) is 17.0. The molecule has 0 fully saturated rings. The quantitative estimate of drug-likeness (QED) is 0.674. The second kappa shape index (κ2) is 8.64. The van der Waals surface area contributed by atoms with Gasteiger partial charge in [-0.25, -0.2) is 4.68 Å². The third-order valence-electron chi connectivity index (χ3n) is 4.66. The lowest BCUT2D eigenvalue weighted by atomic mass is 10.0. The highest BCUT2D eigenvalue weighted by molar-refractivity contribution is 6.00. The van der Waals surface area contributed by atoms with Crippen molar-refractivity contribution < 1.29 is 9.90 Å². The first-order valence-corrected chi connectivity index (χ1v) is 9.32. The Labute approximate surface area is 159 Å². The molecule has 0 saturated heterocycles. The number of carbonyl (C=O) groups excluding carboxylic acids is 1. The number of aliphatic hydroxyl groups excluding tert-OH is 1. The summed E-state index contributed by atoms with van der Waals surface area (Å²) in [6.07, 6.45) is 3.37. The molecule has 1 heterocycles. The SMILES string of the molecule is CCc1ccc(-c2nn(-c3ccccc3)cc2C(=O)NC(CC)CO)cc1. The van der Waals surface area contributed by atoms with Crippen molar-refractivity contribution >= 4 is 5.91 Å². The standard InChI is InChI=1S/C22H25N3O2/c1-3-16-10-12-17(13-11-16)21-20(22(27)23-18(4-2)15-26)14-25(24-21)19-8-6-5-7-9-19/h5-14,18,26H,3-4,15H2,1-2H3,(H,23,27). The van der Waals surface area contributed by atoms with Gasteiger partial charge >= 0.3 is 0 Å². The lowest BCUT2D eigenvalue weighted by molar-refractivity contribution is 0.0915. The smallest absolute Gasteiger partial charge is 0.255 e. The Balaban J connectivity index is 2.03. The molecule has 27 heavy (non-hydrogen) atoms. The van der Waals surface area contributed by atoms with Gasteiger partial charge in [-0.2, -0.15) is 5.10 Å². The predicted molar refractivity (Wildman–Crippen MR) is 107 cm³/mol. The van der Waals surface area contributed by atoms with Gasteiger partial charge in [0.1, 0.15) is 5.69 Å². The van der Waals surface area contributed by atoms with Gasteiger partial charge in [0.15, 0.2) is 0 Å². The third kappa shape index (κ3) is 4.26. The normalized spacial score (nSPS) is 12.0. The minimum atomic E-state index is -0.270. The van der Waals surface area contributed by atoms with Gasteiger partial charge in [0.05, 0.1) is 23.9 Å². The summed E-state index contributed by atoms with van der Waals surface area (Å²) in [4.78, 5) is 12.9. The molecule has 0 aliphatic carbocycles. The van der Waals surface area contributed by atoms with Crippen LogP contribution in [0.3, 0.4) is 0 Å². The number of nitrogens with one attached hydrogen (secondary N) is 1. The molecule has 0 saturated carbocycles. The Morgan fingerprint density at radius 1 is 1.11 bits per heavy atom. The van der Waals surface area contributed by atoms with E-state index in [0.29, 0.717) is 17.7 Å². The molecule has 0 spiro atoms. The van der Waals surface area contributed by atoms with E-state index in [1.165, 1.54) is 5.56 Å². The first-order chi connectivity index (χ1) is 13.2. The number of amides is 1. The van der Waals surface area contributed by atoms with Crippen LogP contribution in [0, 0.1) is 0 Å². The average molecular weight is 363 g/mol. The van der Waals surface area contributed by atoms with Crippen molar-refractivity contribution in [2.45, 2.75) is 32.7 Å². The van der Waals surface area contributed by atoms with Crippen LogP contribution in [-0.2, 0) is 6.42 Å². The van der Waals surface area contributed by atoms with Crippen LogP contribution in [0.25, 0.3) is 16.9 Å². The molecule has 1 aromatic heterocycles. The highest BCUT2D eigenvalue weighted by atomic mass is 16.3. The van der Waals surface area contributed by atoms with Crippen LogP contribution < -0.4 is 5.32 Å². The number of rotatable bonds is 7. The highest BCUT2D eigenvalue weighted by Crippen LogP contribution is 2.24. The maximum absolute atomic E-state index is 12.9. The monoisotopic (exact) mass is 363 g/mol. The van der Waals surface area contributed by atoms with E-state index in [4.69, 9.17) is 0 Å². The molecule has 0 aliphatic heterocycles. The maximum Gasteiger partial charge on any atom is 0.255 e. The number of aryl methyl sites for hydroxylation is 1. The van der Waals surface area contributed by atoms with Crippen molar-refractivity contribution in [3.63, 3.8) is 0 Å². The van der Waals surface area contributed by atoms with E-state index >= 15 is 0 Å². The molecule has 2 N–H and O–H groups in total. The largest absolute Gasteiger partial charge is 0.394 e. The molecule has 2 aromatic carbocycles. The van der Waals surface area contributed by atoms with Gasteiger partial charge in [-0.3, -0.25) is 4.79 Å². The van der Waals surface area contributed by atoms with Crippen LogP contribution >= 0.6 is 0 Å². The van der Waals surface area contributed by atoms with E-state index in [0.717, 1.165) is 17.7 Å². The molecule has 0 radical (unpaired) electrons. The highest BCUT2D eigenvalue weighted by Gasteiger charge is 2.20. The Morgan fingerprint density at radius 2 is 1.81 bits per heavy atom. The van der Waals surface area contributed by atoms with Crippen molar-refractivity contribution in [1.82, 2.24) is 15.1 Å². The summed E-state index contributed by atoms with van der Waals surface area (Å²) in [6.45, 7) is 3.95. The number of hydrogen-bond donors (Lipinski definition) is 2. The van der Waals surface area contributed by atoms with E-state index in [-0.39, 0.29) is 18.6 Å². The predicted octanol–water partition coefficient (Wildman–Crippen LogP) is 3.60.